The molecule has 7 heteroatoms. The molecule has 7 nitrogen and oxygen atoms in total. The number of tetrazole rings is 1. The zero-order valence-corrected chi connectivity index (χ0v) is 18.3. The van der Waals surface area contributed by atoms with Gasteiger partial charge in [0, 0.05) is 5.56 Å². The Hall–Kier alpha value is -4.65. The number of carbonyl (C=O) groups is 2. The van der Waals surface area contributed by atoms with Gasteiger partial charge in [-0.2, -0.15) is 0 Å². The van der Waals surface area contributed by atoms with Gasteiger partial charge in [0.15, 0.2) is 17.4 Å². The minimum absolute atomic E-state index is 0.151. The Morgan fingerprint density at radius 1 is 0.824 bits per heavy atom. The molecule has 0 spiro atoms. The van der Waals surface area contributed by atoms with Crippen LogP contribution in [0.4, 0.5) is 0 Å². The van der Waals surface area contributed by atoms with Gasteiger partial charge in [-0.1, -0.05) is 78.9 Å². The Morgan fingerprint density at radius 3 is 2.26 bits per heavy atom. The van der Waals surface area contributed by atoms with Crippen molar-refractivity contribution in [3.63, 3.8) is 0 Å². The van der Waals surface area contributed by atoms with Crippen LogP contribution in [0.2, 0.25) is 0 Å². The topological polar surface area (TPSA) is 98.0 Å². The summed E-state index contributed by atoms with van der Waals surface area (Å²) in [7, 11) is 0. The lowest BCUT2D eigenvalue weighted by Gasteiger charge is -2.07. The summed E-state index contributed by atoms with van der Waals surface area (Å²) in [5.41, 5.74) is 3.38. The van der Waals surface area contributed by atoms with Crippen LogP contribution in [0.25, 0.3) is 23.5 Å². The molecule has 0 aliphatic rings. The maximum Gasteiger partial charge on any atom is 0.182 e. The zero-order valence-electron chi connectivity index (χ0n) is 18.3. The largest absolute Gasteiger partial charge is 0.508 e. The van der Waals surface area contributed by atoms with Crippen LogP contribution in [0.1, 0.15) is 23.1 Å². The highest BCUT2D eigenvalue weighted by molar-refractivity contribution is 6.11. The third-order valence-corrected chi connectivity index (χ3v) is 5.06. The van der Waals surface area contributed by atoms with Crippen molar-refractivity contribution >= 4 is 23.7 Å². The molecule has 0 radical (unpaired) electrons. The van der Waals surface area contributed by atoms with Crippen LogP contribution in [-0.4, -0.2) is 36.9 Å². The average Bonchev–Trinajstić information content (AvgIpc) is 3.31. The van der Waals surface area contributed by atoms with Crippen LogP contribution in [0, 0.1) is 0 Å². The van der Waals surface area contributed by atoms with E-state index in [-0.39, 0.29) is 23.7 Å². The lowest BCUT2D eigenvalue weighted by Crippen LogP contribution is -2.05. The number of benzene rings is 3. The highest BCUT2D eigenvalue weighted by atomic mass is 16.3. The third-order valence-electron chi connectivity index (χ3n) is 5.06. The summed E-state index contributed by atoms with van der Waals surface area (Å²) in [4.78, 5) is 24.5. The van der Waals surface area contributed by atoms with Gasteiger partial charge in [0.05, 0.1) is 13.0 Å². The first-order chi connectivity index (χ1) is 16.6. The monoisotopic (exact) mass is 450 g/mol. The number of aromatic hydroxyl groups is 1. The molecule has 3 aromatic carbocycles. The number of phenols is 1. The van der Waals surface area contributed by atoms with Crippen molar-refractivity contribution < 1.29 is 14.7 Å². The van der Waals surface area contributed by atoms with Gasteiger partial charge in [-0.25, -0.2) is 4.68 Å². The second-order valence-electron chi connectivity index (χ2n) is 7.60. The number of hydrogen-bond donors (Lipinski definition) is 1. The van der Waals surface area contributed by atoms with Crippen LogP contribution in [-0.2, 0) is 16.1 Å². The predicted molar refractivity (Wildman–Crippen MR) is 130 cm³/mol. The molecule has 0 saturated heterocycles. The Kier molecular flexibility index (Phi) is 7.15. The zero-order chi connectivity index (χ0) is 23.8. The van der Waals surface area contributed by atoms with Crippen molar-refractivity contribution in [1.29, 1.82) is 0 Å². The van der Waals surface area contributed by atoms with Crippen molar-refractivity contribution in [3.05, 3.63) is 108 Å². The average molecular weight is 450 g/mol. The van der Waals surface area contributed by atoms with Crippen LogP contribution in [0.5, 0.6) is 5.75 Å². The molecule has 0 atom stereocenters. The molecule has 0 unspecified atom stereocenters. The van der Waals surface area contributed by atoms with Crippen LogP contribution in [0.15, 0.2) is 91.0 Å². The van der Waals surface area contributed by atoms with Gasteiger partial charge in [0.1, 0.15) is 5.75 Å². The minimum Gasteiger partial charge on any atom is -0.508 e. The number of carbonyl (C=O) groups excluding carboxylic acids is 2. The van der Waals surface area contributed by atoms with Gasteiger partial charge in [-0.15, -0.1) is 5.10 Å². The van der Waals surface area contributed by atoms with Crippen molar-refractivity contribution in [2.45, 2.75) is 13.0 Å². The van der Waals surface area contributed by atoms with E-state index >= 15 is 0 Å². The van der Waals surface area contributed by atoms with E-state index in [2.05, 4.69) is 15.5 Å². The Balaban J connectivity index is 1.45. The summed E-state index contributed by atoms with van der Waals surface area (Å²) in [6, 6.07) is 23.8. The molecule has 1 N–H and O–H groups in total. The first kappa shape index (κ1) is 22.5. The highest BCUT2D eigenvalue weighted by Gasteiger charge is 2.12. The SMILES string of the molecule is O=C(C=Cc1ccc(O)cc1)CC(=O)C=Cc1ccccc1-c1nnnn1Cc1ccccc1. The van der Waals surface area contributed by atoms with Crippen molar-refractivity contribution in [1.82, 2.24) is 20.2 Å². The van der Waals surface area contributed by atoms with Crippen molar-refractivity contribution in [2.75, 3.05) is 0 Å². The quantitative estimate of drug-likeness (QED) is 0.301. The third kappa shape index (κ3) is 5.98. The summed E-state index contributed by atoms with van der Waals surface area (Å²) in [6.45, 7) is 0.516. The Bertz CT molecular complexity index is 1340. The number of ketones is 2. The van der Waals surface area contributed by atoms with Crippen LogP contribution < -0.4 is 0 Å². The summed E-state index contributed by atoms with van der Waals surface area (Å²) in [5, 5.41) is 21.4. The molecule has 0 fully saturated rings. The summed E-state index contributed by atoms with van der Waals surface area (Å²) < 4.78 is 1.71. The van der Waals surface area contributed by atoms with E-state index in [1.165, 1.54) is 24.3 Å². The summed E-state index contributed by atoms with van der Waals surface area (Å²) in [6.07, 6.45) is 5.82. The molecule has 4 aromatic rings. The maximum absolute atomic E-state index is 12.4. The lowest BCUT2D eigenvalue weighted by atomic mass is 10.0. The summed E-state index contributed by atoms with van der Waals surface area (Å²) >= 11 is 0. The number of phenolic OH excluding ortho intramolecular Hbond substituents is 1. The molecule has 0 amide bonds. The summed E-state index contributed by atoms with van der Waals surface area (Å²) in [5.74, 6) is 0.129. The number of allylic oxidation sites excluding steroid dienone is 2. The van der Waals surface area contributed by atoms with E-state index in [1.807, 2.05) is 54.6 Å². The van der Waals surface area contributed by atoms with Gasteiger partial charge < -0.3 is 5.11 Å². The van der Waals surface area contributed by atoms with Crippen molar-refractivity contribution in [3.8, 4) is 17.1 Å². The normalized spacial score (nSPS) is 11.3. The standard InChI is InChI=1S/C27H22N4O3/c32-23-14-10-20(11-15-23)12-16-24(33)18-25(34)17-13-22-8-4-5-9-26(22)27-28-29-30-31(27)19-21-6-2-1-3-7-21/h1-17,32H,18-19H2. The second-order valence-corrected chi connectivity index (χ2v) is 7.60. The van der Waals surface area contributed by atoms with E-state index in [0.717, 1.165) is 22.3 Å². The number of rotatable bonds is 9. The molecule has 34 heavy (non-hydrogen) atoms. The first-order valence-electron chi connectivity index (χ1n) is 10.7. The van der Waals surface area contributed by atoms with Gasteiger partial charge in [-0.05, 0) is 51.4 Å². The molecule has 0 aliphatic carbocycles. The lowest BCUT2D eigenvalue weighted by molar-refractivity contribution is -0.121. The number of aromatic nitrogens is 4. The molecule has 1 aromatic heterocycles. The highest BCUT2D eigenvalue weighted by Crippen LogP contribution is 2.23. The smallest absolute Gasteiger partial charge is 0.182 e. The Morgan fingerprint density at radius 2 is 1.50 bits per heavy atom. The van der Waals surface area contributed by atoms with Crippen LogP contribution >= 0.6 is 0 Å². The Labute approximate surface area is 196 Å². The fourth-order valence-electron chi connectivity index (χ4n) is 3.35. The number of nitrogens with zero attached hydrogens (tertiary/aromatic N) is 4. The van der Waals surface area contributed by atoms with Gasteiger partial charge >= 0.3 is 0 Å². The van der Waals surface area contributed by atoms with E-state index in [1.54, 1.807) is 29.0 Å². The van der Waals surface area contributed by atoms with E-state index in [9.17, 15) is 14.7 Å². The van der Waals surface area contributed by atoms with E-state index < -0.39 is 0 Å². The van der Waals surface area contributed by atoms with Gasteiger partial charge in [-0.3, -0.25) is 9.59 Å². The van der Waals surface area contributed by atoms with Gasteiger partial charge in [0.2, 0.25) is 0 Å². The molecule has 168 valence electrons. The molecule has 1 heterocycles. The number of hydrogen-bond acceptors (Lipinski definition) is 6. The molecule has 0 bridgehead atoms. The van der Waals surface area contributed by atoms with E-state index in [4.69, 9.17) is 0 Å². The van der Waals surface area contributed by atoms with Crippen LogP contribution in [0.3, 0.4) is 0 Å². The predicted octanol–water partition coefficient (Wildman–Crippen LogP) is 4.35. The van der Waals surface area contributed by atoms with Crippen molar-refractivity contribution in [2.24, 2.45) is 0 Å². The first-order valence-corrected chi connectivity index (χ1v) is 10.7. The molecule has 4 rings (SSSR count). The molecule has 0 saturated carbocycles. The molecular formula is C27H22N4O3. The van der Waals surface area contributed by atoms with E-state index in [0.29, 0.717) is 12.4 Å². The maximum atomic E-state index is 12.4. The fourth-order valence-corrected chi connectivity index (χ4v) is 3.35. The van der Waals surface area contributed by atoms with Gasteiger partial charge in [0.25, 0.3) is 0 Å². The second kappa shape index (κ2) is 10.8. The molecule has 0 aliphatic heterocycles. The fraction of sp³-hybridized carbons (Fsp3) is 0.0741. The minimum atomic E-state index is -0.306. The molecular weight excluding hydrogens is 428 g/mol.